The molecule has 2 nitrogen and oxygen atoms in total. The highest BCUT2D eigenvalue weighted by atomic mass is 79.9. The molecule has 0 saturated carbocycles. The predicted octanol–water partition coefficient (Wildman–Crippen LogP) is 4.36. The Morgan fingerprint density at radius 3 is 2.38 bits per heavy atom. The second kappa shape index (κ2) is 4.76. The van der Waals surface area contributed by atoms with Crippen molar-refractivity contribution in [3.63, 3.8) is 0 Å². The van der Waals surface area contributed by atoms with Gasteiger partial charge in [-0.1, -0.05) is 48.3 Å². The van der Waals surface area contributed by atoms with Crippen molar-refractivity contribution in [2.24, 2.45) is 0 Å². The zero-order valence-corrected chi connectivity index (χ0v) is 12.2. The molecule has 1 amide bonds. The van der Waals surface area contributed by atoms with E-state index in [0.717, 1.165) is 10.0 Å². The highest BCUT2D eigenvalue weighted by Crippen LogP contribution is 2.36. The van der Waals surface area contributed by atoms with E-state index in [1.165, 1.54) is 6.92 Å². The fourth-order valence-corrected chi connectivity index (χ4v) is 2.69. The van der Waals surface area contributed by atoms with E-state index in [9.17, 15) is 4.79 Å². The molecule has 0 aliphatic heterocycles. The first-order chi connectivity index (χ1) is 7.21. The lowest BCUT2D eigenvalue weighted by Gasteiger charge is -2.22. The highest BCUT2D eigenvalue weighted by Gasteiger charge is 2.19. The number of nitrogens with one attached hydrogen (secondary N) is 1. The Balaban J connectivity index is 3.27. The number of benzene rings is 1. The molecule has 0 fully saturated rings. The van der Waals surface area contributed by atoms with E-state index in [1.807, 2.05) is 12.1 Å². The van der Waals surface area contributed by atoms with Crippen molar-refractivity contribution in [3.05, 3.63) is 27.2 Å². The lowest BCUT2D eigenvalue weighted by Crippen LogP contribution is -2.14. The van der Waals surface area contributed by atoms with E-state index < -0.39 is 0 Å². The van der Waals surface area contributed by atoms with Crippen LogP contribution in [0.25, 0.3) is 0 Å². The number of amides is 1. The van der Waals surface area contributed by atoms with Crippen molar-refractivity contribution in [2.45, 2.75) is 33.1 Å². The molecule has 1 N–H and O–H groups in total. The summed E-state index contributed by atoms with van der Waals surface area (Å²) in [6.07, 6.45) is 0. The first-order valence-electron chi connectivity index (χ1n) is 4.99. The maximum absolute atomic E-state index is 11.0. The van der Waals surface area contributed by atoms with Crippen LogP contribution in [0.5, 0.6) is 0 Å². The van der Waals surface area contributed by atoms with Crippen LogP contribution < -0.4 is 5.32 Å². The van der Waals surface area contributed by atoms with Crippen molar-refractivity contribution >= 4 is 39.1 Å². The number of halogens is 2. The van der Waals surface area contributed by atoms with E-state index in [1.54, 1.807) is 0 Å². The summed E-state index contributed by atoms with van der Waals surface area (Å²) < 4.78 is 0.958. The van der Waals surface area contributed by atoms with Crippen molar-refractivity contribution < 1.29 is 4.79 Å². The third-order valence-corrected chi connectivity index (χ3v) is 3.14. The van der Waals surface area contributed by atoms with Crippen LogP contribution in [-0.4, -0.2) is 5.91 Å². The van der Waals surface area contributed by atoms with E-state index >= 15 is 0 Å². The number of rotatable bonds is 1. The van der Waals surface area contributed by atoms with Crippen LogP contribution >= 0.6 is 27.5 Å². The molecule has 4 heteroatoms. The van der Waals surface area contributed by atoms with Crippen LogP contribution in [0.15, 0.2) is 16.6 Å². The molecule has 1 aromatic rings. The quantitative estimate of drug-likeness (QED) is 0.820. The standard InChI is InChI=1S/C12H15BrClNO/c1-7(16)15-11-5-8(12(2,3)4)9(13)6-10(11)14/h5-6H,1-4H3,(H,15,16). The van der Waals surface area contributed by atoms with Crippen molar-refractivity contribution in [1.82, 2.24) is 0 Å². The number of carbonyl (C=O) groups excluding carboxylic acids is 1. The van der Waals surface area contributed by atoms with Gasteiger partial charge in [-0.15, -0.1) is 0 Å². The molecule has 0 radical (unpaired) electrons. The van der Waals surface area contributed by atoms with Gasteiger partial charge in [-0.25, -0.2) is 0 Å². The van der Waals surface area contributed by atoms with E-state index in [2.05, 4.69) is 42.0 Å². The van der Waals surface area contributed by atoms with Crippen LogP contribution in [0, 0.1) is 0 Å². The van der Waals surface area contributed by atoms with Crippen LogP contribution in [0.3, 0.4) is 0 Å². The number of carbonyl (C=O) groups is 1. The van der Waals surface area contributed by atoms with E-state index in [0.29, 0.717) is 10.7 Å². The van der Waals surface area contributed by atoms with Crippen LogP contribution in [-0.2, 0) is 10.2 Å². The van der Waals surface area contributed by atoms with Gasteiger partial charge in [-0.2, -0.15) is 0 Å². The van der Waals surface area contributed by atoms with Crippen LogP contribution in [0.1, 0.15) is 33.3 Å². The zero-order valence-electron chi connectivity index (χ0n) is 9.82. The topological polar surface area (TPSA) is 29.1 Å². The lowest BCUT2D eigenvalue weighted by molar-refractivity contribution is -0.114. The third kappa shape index (κ3) is 3.22. The average Bonchev–Trinajstić information content (AvgIpc) is 2.06. The average molecular weight is 305 g/mol. The molecule has 0 aromatic heterocycles. The van der Waals surface area contributed by atoms with Crippen molar-refractivity contribution in [2.75, 3.05) is 5.32 Å². The molecule has 88 valence electrons. The Kier molecular flexibility index (Phi) is 4.02. The molecule has 0 aliphatic rings. The molecule has 0 aliphatic carbocycles. The fourth-order valence-electron chi connectivity index (χ4n) is 1.41. The predicted molar refractivity (Wildman–Crippen MR) is 72.2 cm³/mol. The molecule has 1 aromatic carbocycles. The first kappa shape index (κ1) is 13.5. The summed E-state index contributed by atoms with van der Waals surface area (Å²) >= 11 is 9.54. The monoisotopic (exact) mass is 303 g/mol. The Hall–Kier alpha value is -0.540. The van der Waals surface area contributed by atoms with E-state index in [4.69, 9.17) is 11.6 Å². The Morgan fingerprint density at radius 2 is 1.94 bits per heavy atom. The Labute approximate surface area is 110 Å². The Bertz CT molecular complexity index is 424. The van der Waals surface area contributed by atoms with Gasteiger partial charge in [0, 0.05) is 11.4 Å². The van der Waals surface area contributed by atoms with E-state index in [-0.39, 0.29) is 11.3 Å². The molecule has 0 spiro atoms. The maximum Gasteiger partial charge on any atom is 0.221 e. The summed E-state index contributed by atoms with van der Waals surface area (Å²) in [5, 5.41) is 3.26. The largest absolute Gasteiger partial charge is 0.325 e. The second-order valence-electron chi connectivity index (χ2n) is 4.74. The first-order valence-corrected chi connectivity index (χ1v) is 6.16. The summed E-state index contributed by atoms with van der Waals surface area (Å²) in [4.78, 5) is 11.0. The summed E-state index contributed by atoms with van der Waals surface area (Å²) in [5.74, 6) is -0.121. The molecule has 0 bridgehead atoms. The van der Waals surface area contributed by atoms with Gasteiger partial charge in [0.05, 0.1) is 10.7 Å². The minimum absolute atomic E-state index is 0.00333. The SMILES string of the molecule is CC(=O)Nc1cc(C(C)(C)C)c(Br)cc1Cl. The minimum Gasteiger partial charge on any atom is -0.325 e. The van der Waals surface area contributed by atoms with Gasteiger partial charge < -0.3 is 5.32 Å². The number of anilines is 1. The molecular weight excluding hydrogens is 289 g/mol. The summed E-state index contributed by atoms with van der Waals surface area (Å²) in [7, 11) is 0. The molecule has 16 heavy (non-hydrogen) atoms. The third-order valence-electron chi connectivity index (χ3n) is 2.18. The van der Waals surface area contributed by atoms with Gasteiger partial charge in [0.2, 0.25) is 5.91 Å². The molecular formula is C12H15BrClNO. The maximum atomic E-state index is 11.0. The lowest BCUT2D eigenvalue weighted by atomic mass is 9.87. The van der Waals surface area contributed by atoms with Gasteiger partial charge in [-0.3, -0.25) is 4.79 Å². The van der Waals surface area contributed by atoms with Crippen molar-refractivity contribution in [3.8, 4) is 0 Å². The van der Waals surface area contributed by atoms with Gasteiger partial charge in [0.1, 0.15) is 0 Å². The molecule has 0 unspecified atom stereocenters. The number of hydrogen-bond acceptors (Lipinski definition) is 1. The smallest absolute Gasteiger partial charge is 0.221 e. The fraction of sp³-hybridized carbons (Fsp3) is 0.417. The second-order valence-corrected chi connectivity index (χ2v) is 6.00. The molecule has 1 rings (SSSR count). The van der Waals surface area contributed by atoms with Crippen molar-refractivity contribution in [1.29, 1.82) is 0 Å². The van der Waals surface area contributed by atoms with Crippen LogP contribution in [0.4, 0.5) is 5.69 Å². The Morgan fingerprint density at radius 1 is 1.38 bits per heavy atom. The summed E-state index contributed by atoms with van der Waals surface area (Å²) in [5.41, 5.74) is 1.76. The molecule has 0 atom stereocenters. The summed E-state index contributed by atoms with van der Waals surface area (Å²) in [6.45, 7) is 7.80. The normalized spacial score (nSPS) is 11.4. The van der Waals surface area contributed by atoms with Gasteiger partial charge in [0.15, 0.2) is 0 Å². The van der Waals surface area contributed by atoms with Crippen LogP contribution in [0.2, 0.25) is 5.02 Å². The number of hydrogen-bond donors (Lipinski definition) is 1. The van der Waals surface area contributed by atoms with Gasteiger partial charge >= 0.3 is 0 Å². The molecule has 0 saturated heterocycles. The molecule has 0 heterocycles. The summed E-state index contributed by atoms with van der Waals surface area (Å²) in [6, 6.07) is 3.72. The highest BCUT2D eigenvalue weighted by molar-refractivity contribution is 9.10. The zero-order chi connectivity index (χ0) is 12.5. The van der Waals surface area contributed by atoms with Gasteiger partial charge in [-0.05, 0) is 23.1 Å². The van der Waals surface area contributed by atoms with Gasteiger partial charge in [0.25, 0.3) is 0 Å². The minimum atomic E-state index is -0.121.